The van der Waals surface area contributed by atoms with E-state index in [1.807, 2.05) is 9.58 Å². The van der Waals surface area contributed by atoms with E-state index < -0.39 is 0 Å². The molecule has 0 aliphatic carbocycles. The molecular formula is C14H23N5O. The van der Waals surface area contributed by atoms with Crippen molar-refractivity contribution in [2.24, 2.45) is 0 Å². The molecule has 2 aliphatic rings. The monoisotopic (exact) mass is 277 g/mol. The molecule has 0 radical (unpaired) electrons. The highest BCUT2D eigenvalue weighted by Gasteiger charge is 2.32. The van der Waals surface area contributed by atoms with E-state index in [1.165, 1.54) is 12.8 Å². The van der Waals surface area contributed by atoms with Crippen molar-refractivity contribution in [3.05, 3.63) is 12.7 Å². The van der Waals surface area contributed by atoms with E-state index in [4.69, 9.17) is 0 Å². The third-order valence-corrected chi connectivity index (χ3v) is 4.57. The van der Waals surface area contributed by atoms with Gasteiger partial charge in [0.2, 0.25) is 5.91 Å². The van der Waals surface area contributed by atoms with Gasteiger partial charge in [0.05, 0.1) is 12.1 Å². The Hall–Kier alpha value is -1.43. The molecule has 0 aromatic carbocycles. The van der Waals surface area contributed by atoms with Crippen molar-refractivity contribution in [3.8, 4) is 0 Å². The molecule has 6 heteroatoms. The van der Waals surface area contributed by atoms with E-state index in [-0.39, 0.29) is 12.1 Å². The van der Waals surface area contributed by atoms with Gasteiger partial charge >= 0.3 is 0 Å². The van der Waals surface area contributed by atoms with Crippen LogP contribution in [0.25, 0.3) is 0 Å². The van der Waals surface area contributed by atoms with Crippen molar-refractivity contribution in [1.82, 2.24) is 24.6 Å². The summed E-state index contributed by atoms with van der Waals surface area (Å²) in [5.41, 5.74) is 0. The van der Waals surface area contributed by atoms with Gasteiger partial charge in [0.15, 0.2) is 0 Å². The molecule has 0 N–H and O–H groups in total. The second kappa shape index (κ2) is 5.91. The first-order valence-electron chi connectivity index (χ1n) is 7.59. The van der Waals surface area contributed by atoms with E-state index in [1.54, 1.807) is 12.7 Å². The van der Waals surface area contributed by atoms with Gasteiger partial charge < -0.3 is 4.90 Å². The van der Waals surface area contributed by atoms with Gasteiger partial charge in [-0.1, -0.05) is 6.42 Å². The fourth-order valence-corrected chi connectivity index (χ4v) is 3.37. The first kappa shape index (κ1) is 13.5. The van der Waals surface area contributed by atoms with Crippen molar-refractivity contribution in [2.45, 2.75) is 44.2 Å². The lowest BCUT2D eigenvalue weighted by molar-refractivity contribution is -0.139. The van der Waals surface area contributed by atoms with Gasteiger partial charge in [-0.25, -0.2) is 9.67 Å². The minimum atomic E-state index is 0.0817. The number of rotatable bonds is 2. The van der Waals surface area contributed by atoms with Crippen LogP contribution in [0.3, 0.4) is 0 Å². The summed E-state index contributed by atoms with van der Waals surface area (Å²) in [6.07, 6.45) is 8.82. The molecule has 3 rings (SSSR count). The average Bonchev–Trinajstić information content (AvgIpc) is 3.01. The normalized spacial score (nSPS) is 28.6. The highest BCUT2D eigenvalue weighted by molar-refractivity contribution is 5.82. The minimum absolute atomic E-state index is 0.0817. The Morgan fingerprint density at radius 2 is 2.10 bits per heavy atom. The Bertz CT molecular complexity index is 446. The fourth-order valence-electron chi connectivity index (χ4n) is 3.37. The zero-order valence-corrected chi connectivity index (χ0v) is 12.1. The predicted molar refractivity (Wildman–Crippen MR) is 75.1 cm³/mol. The van der Waals surface area contributed by atoms with Gasteiger partial charge in [0.25, 0.3) is 0 Å². The molecule has 1 aromatic rings. The van der Waals surface area contributed by atoms with E-state index in [0.29, 0.717) is 5.91 Å². The summed E-state index contributed by atoms with van der Waals surface area (Å²) in [5, 5.41) is 4.22. The second-order valence-corrected chi connectivity index (χ2v) is 5.95. The van der Waals surface area contributed by atoms with Crippen LogP contribution in [-0.2, 0) is 4.79 Å². The van der Waals surface area contributed by atoms with Crippen LogP contribution in [0.1, 0.15) is 38.1 Å². The first-order valence-corrected chi connectivity index (χ1v) is 7.59. The van der Waals surface area contributed by atoms with Gasteiger partial charge in [-0.3, -0.25) is 9.69 Å². The number of carbonyl (C=O) groups excluding carboxylic acids is 1. The Morgan fingerprint density at radius 3 is 2.85 bits per heavy atom. The fraction of sp³-hybridized carbons (Fsp3) is 0.786. The number of nitrogens with zero attached hydrogens (tertiary/aromatic N) is 5. The third-order valence-electron chi connectivity index (χ3n) is 4.57. The van der Waals surface area contributed by atoms with Gasteiger partial charge in [-0.15, -0.1) is 0 Å². The third kappa shape index (κ3) is 2.70. The maximum Gasteiger partial charge on any atom is 0.239 e. The quantitative estimate of drug-likeness (QED) is 0.807. The molecule has 0 unspecified atom stereocenters. The first-order chi connectivity index (χ1) is 9.75. The Kier molecular flexibility index (Phi) is 4.00. The van der Waals surface area contributed by atoms with E-state index in [9.17, 15) is 4.79 Å². The lowest BCUT2D eigenvalue weighted by atomic mass is 9.99. The van der Waals surface area contributed by atoms with Gasteiger partial charge in [0.1, 0.15) is 12.7 Å². The van der Waals surface area contributed by atoms with Crippen LogP contribution in [0.2, 0.25) is 0 Å². The number of aromatic nitrogens is 3. The number of carbonyl (C=O) groups is 1. The summed E-state index contributed by atoms with van der Waals surface area (Å²) in [5.74, 6) is 0.303. The highest BCUT2D eigenvalue weighted by Crippen LogP contribution is 2.23. The molecule has 110 valence electrons. The van der Waals surface area contributed by atoms with Crippen LogP contribution in [0, 0.1) is 0 Å². The molecule has 2 saturated heterocycles. The largest absolute Gasteiger partial charge is 0.339 e. The van der Waals surface area contributed by atoms with Crippen molar-refractivity contribution in [1.29, 1.82) is 0 Å². The Morgan fingerprint density at radius 1 is 1.20 bits per heavy atom. The van der Waals surface area contributed by atoms with Crippen LogP contribution in [0.15, 0.2) is 12.7 Å². The van der Waals surface area contributed by atoms with Crippen LogP contribution < -0.4 is 0 Å². The summed E-state index contributed by atoms with van der Waals surface area (Å²) >= 11 is 0. The van der Waals surface area contributed by atoms with E-state index in [0.717, 1.165) is 38.9 Å². The molecular weight excluding hydrogens is 254 g/mol. The molecule has 0 bridgehead atoms. The highest BCUT2D eigenvalue weighted by atomic mass is 16.2. The van der Waals surface area contributed by atoms with Crippen LogP contribution >= 0.6 is 0 Å². The Labute approximate surface area is 119 Å². The van der Waals surface area contributed by atoms with E-state index in [2.05, 4.69) is 22.0 Å². The standard InChI is InChI=1S/C14H23N5O/c1-17-7-3-2-6-13(17)14(20)18-8-4-5-12(9-18)19-11-15-10-16-19/h10-13H,2-9H2,1H3/t12-,13-/m1/s1. The molecule has 1 aromatic heterocycles. The van der Waals surface area contributed by atoms with Crippen molar-refractivity contribution >= 4 is 5.91 Å². The smallest absolute Gasteiger partial charge is 0.239 e. The predicted octanol–water partition coefficient (Wildman–Crippen LogP) is 0.926. The molecule has 3 heterocycles. The SMILES string of the molecule is CN1CCCC[C@@H]1C(=O)N1CCC[C@@H](n2cncn2)C1. The number of hydrogen-bond donors (Lipinski definition) is 0. The van der Waals surface area contributed by atoms with Crippen molar-refractivity contribution in [2.75, 3.05) is 26.7 Å². The van der Waals surface area contributed by atoms with E-state index >= 15 is 0 Å². The van der Waals surface area contributed by atoms with Crippen molar-refractivity contribution < 1.29 is 4.79 Å². The van der Waals surface area contributed by atoms with Gasteiger partial charge in [-0.2, -0.15) is 5.10 Å². The topological polar surface area (TPSA) is 54.3 Å². The number of hydrogen-bond acceptors (Lipinski definition) is 4. The summed E-state index contributed by atoms with van der Waals surface area (Å²) in [7, 11) is 2.07. The zero-order chi connectivity index (χ0) is 13.9. The lowest BCUT2D eigenvalue weighted by Crippen LogP contribution is -2.52. The number of piperidine rings is 2. The van der Waals surface area contributed by atoms with Gasteiger partial charge in [0, 0.05) is 13.1 Å². The van der Waals surface area contributed by atoms with Crippen LogP contribution in [-0.4, -0.2) is 63.2 Å². The number of likely N-dealkylation sites (N-methyl/N-ethyl adjacent to an activating group) is 1. The molecule has 0 spiro atoms. The maximum atomic E-state index is 12.7. The number of likely N-dealkylation sites (tertiary alicyclic amines) is 2. The summed E-state index contributed by atoms with van der Waals surface area (Å²) in [6, 6.07) is 0.363. The molecule has 20 heavy (non-hydrogen) atoms. The lowest BCUT2D eigenvalue weighted by Gasteiger charge is -2.38. The molecule has 6 nitrogen and oxygen atoms in total. The molecule has 2 atom stereocenters. The maximum absolute atomic E-state index is 12.7. The number of amides is 1. The summed E-state index contributed by atoms with van der Waals surface area (Å²) < 4.78 is 1.89. The average molecular weight is 277 g/mol. The zero-order valence-electron chi connectivity index (χ0n) is 12.1. The summed E-state index contributed by atoms with van der Waals surface area (Å²) in [6.45, 7) is 2.69. The minimum Gasteiger partial charge on any atom is -0.339 e. The van der Waals surface area contributed by atoms with Gasteiger partial charge in [-0.05, 0) is 39.3 Å². The Balaban J connectivity index is 1.65. The van der Waals surface area contributed by atoms with Crippen molar-refractivity contribution in [3.63, 3.8) is 0 Å². The molecule has 0 saturated carbocycles. The second-order valence-electron chi connectivity index (χ2n) is 5.95. The molecule has 1 amide bonds. The molecule has 2 fully saturated rings. The van der Waals surface area contributed by atoms with Crippen LogP contribution in [0.5, 0.6) is 0 Å². The molecule has 2 aliphatic heterocycles. The summed E-state index contributed by atoms with van der Waals surface area (Å²) in [4.78, 5) is 21.0. The van der Waals surface area contributed by atoms with Crippen LogP contribution in [0.4, 0.5) is 0 Å².